The summed E-state index contributed by atoms with van der Waals surface area (Å²) in [5, 5.41) is 3.39. The van der Waals surface area contributed by atoms with Crippen LogP contribution in [0, 0.1) is 6.92 Å². The molecule has 2 rings (SSSR count). The third kappa shape index (κ3) is 2.40. The van der Waals surface area contributed by atoms with Crippen molar-refractivity contribution in [1.29, 1.82) is 0 Å². The molecule has 0 saturated heterocycles. The topological polar surface area (TPSA) is 25.2 Å². The molecule has 2 heteroatoms. The van der Waals surface area contributed by atoms with Crippen molar-refractivity contribution in [2.45, 2.75) is 19.9 Å². The van der Waals surface area contributed by atoms with Crippen LogP contribution < -0.4 is 5.32 Å². The van der Waals surface area contributed by atoms with E-state index in [9.17, 15) is 0 Å². The first kappa shape index (κ1) is 9.84. The second-order valence-electron chi connectivity index (χ2n) is 3.75. The minimum absolute atomic E-state index is 0.196. The van der Waals surface area contributed by atoms with Crippen molar-refractivity contribution < 1.29 is 4.42 Å². The average Bonchev–Trinajstić information content (AvgIpc) is 2.70. The molecule has 0 saturated carbocycles. The first-order valence-corrected chi connectivity index (χ1v) is 5.12. The first-order chi connectivity index (χ1) is 7.25. The van der Waals surface area contributed by atoms with Crippen LogP contribution >= 0.6 is 0 Å². The first-order valence-electron chi connectivity index (χ1n) is 5.12. The average molecular weight is 201 g/mol. The van der Waals surface area contributed by atoms with Gasteiger partial charge in [0.2, 0.25) is 0 Å². The smallest absolute Gasteiger partial charge is 0.125 e. The molecule has 1 N–H and O–H groups in total. The Hall–Kier alpha value is -1.70. The summed E-state index contributed by atoms with van der Waals surface area (Å²) in [4.78, 5) is 0. The molecule has 0 unspecified atom stereocenters. The molecule has 0 amide bonds. The fourth-order valence-corrected chi connectivity index (χ4v) is 1.59. The molecule has 0 radical (unpaired) electrons. The van der Waals surface area contributed by atoms with Crippen LogP contribution in [0.1, 0.15) is 24.3 Å². The van der Waals surface area contributed by atoms with Crippen molar-refractivity contribution >= 4 is 5.69 Å². The third-order valence-corrected chi connectivity index (χ3v) is 2.37. The number of hydrogen-bond acceptors (Lipinski definition) is 2. The Morgan fingerprint density at radius 1 is 1.20 bits per heavy atom. The summed E-state index contributed by atoms with van der Waals surface area (Å²) in [5.74, 6) is 0.955. The molecule has 0 aliphatic heterocycles. The van der Waals surface area contributed by atoms with Gasteiger partial charge in [0.15, 0.2) is 0 Å². The normalized spacial score (nSPS) is 12.4. The lowest BCUT2D eigenvalue weighted by atomic mass is 10.2. The Morgan fingerprint density at radius 2 is 2.07 bits per heavy atom. The predicted octanol–water partition coefficient (Wildman–Crippen LogP) is 3.76. The molecule has 2 nitrogen and oxygen atoms in total. The van der Waals surface area contributed by atoms with E-state index in [-0.39, 0.29) is 6.04 Å². The number of aryl methyl sites for hydroxylation is 1. The zero-order valence-corrected chi connectivity index (χ0v) is 9.03. The number of rotatable bonds is 3. The van der Waals surface area contributed by atoms with E-state index in [1.165, 1.54) is 5.56 Å². The summed E-state index contributed by atoms with van der Waals surface area (Å²) >= 11 is 0. The van der Waals surface area contributed by atoms with Gasteiger partial charge in [0.05, 0.1) is 12.3 Å². The molecule has 1 heterocycles. The monoisotopic (exact) mass is 201 g/mol. The zero-order valence-electron chi connectivity index (χ0n) is 9.03. The third-order valence-electron chi connectivity index (χ3n) is 2.37. The van der Waals surface area contributed by atoms with Gasteiger partial charge in [-0.1, -0.05) is 12.1 Å². The summed E-state index contributed by atoms with van der Waals surface area (Å²) in [7, 11) is 0. The Balaban J connectivity index is 2.09. The highest BCUT2D eigenvalue weighted by molar-refractivity contribution is 5.46. The summed E-state index contributed by atoms with van der Waals surface area (Å²) in [5.41, 5.74) is 2.38. The highest BCUT2D eigenvalue weighted by Crippen LogP contribution is 2.19. The lowest BCUT2D eigenvalue weighted by Crippen LogP contribution is -2.05. The van der Waals surface area contributed by atoms with Crippen molar-refractivity contribution in [2.75, 3.05) is 5.32 Å². The van der Waals surface area contributed by atoms with Gasteiger partial charge in [0, 0.05) is 5.69 Å². The quantitative estimate of drug-likeness (QED) is 0.817. The van der Waals surface area contributed by atoms with Crippen LogP contribution in [0.4, 0.5) is 5.69 Å². The van der Waals surface area contributed by atoms with E-state index in [0.29, 0.717) is 0 Å². The molecule has 0 aliphatic carbocycles. The fourth-order valence-electron chi connectivity index (χ4n) is 1.59. The molecule has 1 atom stereocenters. The predicted molar refractivity (Wildman–Crippen MR) is 61.9 cm³/mol. The standard InChI is InChI=1S/C13H15NO/c1-10-5-3-6-12(9-10)14-11(2)13-7-4-8-15-13/h3-9,11,14H,1-2H3/t11-/m0/s1. The molecular formula is C13H15NO. The fraction of sp³-hybridized carbons (Fsp3) is 0.231. The van der Waals surface area contributed by atoms with Gasteiger partial charge in [0.1, 0.15) is 5.76 Å². The second-order valence-corrected chi connectivity index (χ2v) is 3.75. The molecule has 1 aromatic carbocycles. The van der Waals surface area contributed by atoms with Crippen molar-refractivity contribution in [3.8, 4) is 0 Å². The van der Waals surface area contributed by atoms with E-state index < -0.39 is 0 Å². The number of hydrogen-bond donors (Lipinski definition) is 1. The Kier molecular flexibility index (Phi) is 2.77. The number of benzene rings is 1. The maximum atomic E-state index is 5.34. The molecular weight excluding hydrogens is 186 g/mol. The summed E-state index contributed by atoms with van der Waals surface area (Å²) < 4.78 is 5.34. The van der Waals surface area contributed by atoms with Crippen LogP contribution in [0.25, 0.3) is 0 Å². The summed E-state index contributed by atoms with van der Waals surface area (Å²) in [6.07, 6.45) is 1.70. The zero-order chi connectivity index (χ0) is 10.7. The highest BCUT2D eigenvalue weighted by Gasteiger charge is 2.07. The molecule has 0 fully saturated rings. The van der Waals surface area contributed by atoms with Gasteiger partial charge in [-0.3, -0.25) is 0 Å². The van der Waals surface area contributed by atoms with Gasteiger partial charge in [-0.15, -0.1) is 0 Å². The van der Waals surface area contributed by atoms with Gasteiger partial charge < -0.3 is 9.73 Å². The van der Waals surface area contributed by atoms with E-state index in [4.69, 9.17) is 4.42 Å². The molecule has 0 spiro atoms. The SMILES string of the molecule is Cc1cccc(N[C@@H](C)c2ccco2)c1. The van der Waals surface area contributed by atoms with E-state index in [1.54, 1.807) is 6.26 Å². The molecule has 2 aromatic rings. The van der Waals surface area contributed by atoms with Gasteiger partial charge in [0.25, 0.3) is 0 Å². The largest absolute Gasteiger partial charge is 0.467 e. The molecule has 1 aromatic heterocycles. The highest BCUT2D eigenvalue weighted by atomic mass is 16.3. The lowest BCUT2D eigenvalue weighted by molar-refractivity contribution is 0.490. The number of nitrogens with one attached hydrogen (secondary N) is 1. The maximum Gasteiger partial charge on any atom is 0.125 e. The summed E-state index contributed by atoms with van der Waals surface area (Å²) in [6.45, 7) is 4.17. The lowest BCUT2D eigenvalue weighted by Gasteiger charge is -2.13. The van der Waals surface area contributed by atoms with Gasteiger partial charge in [-0.2, -0.15) is 0 Å². The Labute approximate surface area is 89.9 Å². The van der Waals surface area contributed by atoms with Crippen molar-refractivity contribution in [2.24, 2.45) is 0 Å². The van der Waals surface area contributed by atoms with Crippen LogP contribution in [0.3, 0.4) is 0 Å². The molecule has 15 heavy (non-hydrogen) atoms. The second kappa shape index (κ2) is 4.22. The Morgan fingerprint density at radius 3 is 2.73 bits per heavy atom. The van der Waals surface area contributed by atoms with Crippen LogP contribution in [0.15, 0.2) is 47.1 Å². The van der Waals surface area contributed by atoms with Crippen molar-refractivity contribution in [1.82, 2.24) is 0 Å². The minimum atomic E-state index is 0.196. The molecule has 0 aliphatic rings. The van der Waals surface area contributed by atoms with Crippen LogP contribution in [0.5, 0.6) is 0 Å². The van der Waals surface area contributed by atoms with Crippen LogP contribution in [-0.2, 0) is 0 Å². The van der Waals surface area contributed by atoms with Gasteiger partial charge in [-0.05, 0) is 43.7 Å². The van der Waals surface area contributed by atoms with Crippen molar-refractivity contribution in [3.63, 3.8) is 0 Å². The maximum absolute atomic E-state index is 5.34. The minimum Gasteiger partial charge on any atom is -0.467 e. The Bertz CT molecular complexity index is 420. The van der Waals surface area contributed by atoms with Gasteiger partial charge in [-0.25, -0.2) is 0 Å². The molecule has 0 bridgehead atoms. The van der Waals surface area contributed by atoms with Crippen LogP contribution in [-0.4, -0.2) is 0 Å². The number of anilines is 1. The van der Waals surface area contributed by atoms with E-state index in [0.717, 1.165) is 11.4 Å². The van der Waals surface area contributed by atoms with E-state index in [2.05, 4.69) is 37.4 Å². The van der Waals surface area contributed by atoms with Crippen LogP contribution in [0.2, 0.25) is 0 Å². The summed E-state index contributed by atoms with van der Waals surface area (Å²) in [6, 6.07) is 12.4. The van der Waals surface area contributed by atoms with Gasteiger partial charge >= 0.3 is 0 Å². The molecule has 78 valence electrons. The number of furan rings is 1. The van der Waals surface area contributed by atoms with E-state index >= 15 is 0 Å². The van der Waals surface area contributed by atoms with E-state index in [1.807, 2.05) is 18.2 Å². The van der Waals surface area contributed by atoms with Crippen molar-refractivity contribution in [3.05, 3.63) is 54.0 Å².